The van der Waals surface area contributed by atoms with E-state index in [-0.39, 0.29) is 30.4 Å². The highest BCUT2D eigenvalue weighted by Crippen LogP contribution is 2.41. The minimum atomic E-state index is -0.935. The van der Waals surface area contributed by atoms with Gasteiger partial charge in [-0.2, -0.15) is 5.26 Å². The molecule has 2 amide bonds. The van der Waals surface area contributed by atoms with Gasteiger partial charge in [-0.25, -0.2) is 0 Å². The number of carbonyl (C=O) groups excluding carboxylic acids is 3. The number of H-pyrrole nitrogens is 1. The molecule has 37 heavy (non-hydrogen) atoms. The quantitative estimate of drug-likeness (QED) is 0.356. The number of hydrogen-bond acceptors (Lipinski definition) is 5. The number of anilines is 1. The zero-order chi connectivity index (χ0) is 26.2. The van der Waals surface area contributed by atoms with Crippen molar-refractivity contribution in [3.8, 4) is 11.8 Å². The molecular formula is C29H30N4O4. The Kier molecular flexibility index (Phi) is 6.46. The fourth-order valence-electron chi connectivity index (χ4n) is 5.31. The molecule has 2 aliphatic rings. The molecule has 0 saturated heterocycles. The number of nitrogens with zero attached hydrogens (tertiary/aromatic N) is 1. The summed E-state index contributed by atoms with van der Waals surface area (Å²) in [4.78, 5) is 42.6. The summed E-state index contributed by atoms with van der Waals surface area (Å²) in [5, 5.41) is 16.4. The SMILES string of the molecule is COc1cccc2[nH]c(C(=O)CC(CC3CC3)C(=O)NC(C#N)CC3(C)C(=O)Nc4ccccc43)cc12. The van der Waals surface area contributed by atoms with E-state index in [1.165, 1.54) is 0 Å². The molecule has 2 heterocycles. The molecule has 3 N–H and O–H groups in total. The minimum Gasteiger partial charge on any atom is -0.496 e. The number of fused-ring (bicyclic) bond motifs is 2. The first-order valence-corrected chi connectivity index (χ1v) is 12.6. The van der Waals surface area contributed by atoms with Crippen molar-refractivity contribution in [3.63, 3.8) is 0 Å². The zero-order valence-corrected chi connectivity index (χ0v) is 21.0. The summed E-state index contributed by atoms with van der Waals surface area (Å²) in [6.45, 7) is 1.79. The summed E-state index contributed by atoms with van der Waals surface area (Å²) in [6.07, 6.45) is 2.86. The topological polar surface area (TPSA) is 124 Å². The van der Waals surface area contributed by atoms with Crippen molar-refractivity contribution in [2.45, 2.75) is 50.5 Å². The highest BCUT2D eigenvalue weighted by molar-refractivity contribution is 6.06. The van der Waals surface area contributed by atoms with E-state index < -0.39 is 17.4 Å². The Labute approximate surface area is 215 Å². The highest BCUT2D eigenvalue weighted by atomic mass is 16.5. The molecule has 8 nitrogen and oxygen atoms in total. The van der Waals surface area contributed by atoms with E-state index in [0.29, 0.717) is 23.8 Å². The number of para-hydroxylation sites is 1. The lowest BCUT2D eigenvalue weighted by atomic mass is 9.78. The second-order valence-corrected chi connectivity index (χ2v) is 10.3. The molecule has 1 aliphatic heterocycles. The molecular weight excluding hydrogens is 468 g/mol. The first-order valence-electron chi connectivity index (χ1n) is 12.6. The molecule has 2 aromatic carbocycles. The maximum absolute atomic E-state index is 13.4. The van der Waals surface area contributed by atoms with E-state index in [1.807, 2.05) is 42.5 Å². The van der Waals surface area contributed by atoms with Crippen LogP contribution in [0.15, 0.2) is 48.5 Å². The summed E-state index contributed by atoms with van der Waals surface area (Å²) >= 11 is 0. The van der Waals surface area contributed by atoms with Gasteiger partial charge in [0, 0.05) is 28.9 Å². The Bertz CT molecular complexity index is 1420. The lowest BCUT2D eigenvalue weighted by Crippen LogP contribution is -2.44. The average Bonchev–Trinajstić information content (AvgIpc) is 3.54. The van der Waals surface area contributed by atoms with Gasteiger partial charge in [-0.1, -0.05) is 37.1 Å². The van der Waals surface area contributed by atoms with Gasteiger partial charge in [0.2, 0.25) is 11.8 Å². The number of aromatic nitrogens is 1. The van der Waals surface area contributed by atoms with Crippen molar-refractivity contribution in [2.75, 3.05) is 12.4 Å². The average molecular weight is 499 g/mol. The number of nitriles is 1. The molecule has 1 fully saturated rings. The van der Waals surface area contributed by atoms with E-state index in [4.69, 9.17) is 4.74 Å². The predicted octanol–water partition coefficient (Wildman–Crippen LogP) is 4.47. The van der Waals surface area contributed by atoms with Gasteiger partial charge in [-0.3, -0.25) is 14.4 Å². The van der Waals surface area contributed by atoms with Gasteiger partial charge in [0.15, 0.2) is 5.78 Å². The molecule has 1 aliphatic carbocycles. The summed E-state index contributed by atoms with van der Waals surface area (Å²) in [5.74, 6) is -0.150. The molecule has 5 rings (SSSR count). The number of rotatable bonds is 10. The number of nitrogens with one attached hydrogen (secondary N) is 3. The van der Waals surface area contributed by atoms with Crippen molar-refractivity contribution < 1.29 is 19.1 Å². The van der Waals surface area contributed by atoms with Crippen LogP contribution in [0.5, 0.6) is 5.75 Å². The summed E-state index contributed by atoms with van der Waals surface area (Å²) < 4.78 is 5.39. The Morgan fingerprint density at radius 1 is 1.22 bits per heavy atom. The van der Waals surface area contributed by atoms with E-state index in [2.05, 4.69) is 21.7 Å². The van der Waals surface area contributed by atoms with Crippen LogP contribution in [0, 0.1) is 23.2 Å². The third kappa shape index (κ3) is 4.82. The Hall–Kier alpha value is -4.12. The number of benzene rings is 2. The van der Waals surface area contributed by atoms with Gasteiger partial charge in [0.05, 0.1) is 24.3 Å². The fourth-order valence-corrected chi connectivity index (χ4v) is 5.31. The van der Waals surface area contributed by atoms with Crippen LogP contribution in [-0.4, -0.2) is 35.7 Å². The maximum Gasteiger partial charge on any atom is 0.234 e. The van der Waals surface area contributed by atoms with Gasteiger partial charge in [-0.15, -0.1) is 0 Å². The van der Waals surface area contributed by atoms with Crippen LogP contribution in [-0.2, 0) is 15.0 Å². The number of carbonyl (C=O) groups is 3. The van der Waals surface area contributed by atoms with E-state index in [1.54, 1.807) is 20.1 Å². The maximum atomic E-state index is 13.4. The number of hydrogen-bond donors (Lipinski definition) is 3. The van der Waals surface area contributed by atoms with Crippen LogP contribution in [0.25, 0.3) is 10.9 Å². The zero-order valence-electron chi connectivity index (χ0n) is 21.0. The van der Waals surface area contributed by atoms with Gasteiger partial charge < -0.3 is 20.4 Å². The molecule has 3 atom stereocenters. The number of Topliss-reactive ketones (excluding diaryl/α,β-unsaturated/α-hetero) is 1. The van der Waals surface area contributed by atoms with Crippen LogP contribution in [0.1, 0.15) is 55.1 Å². The van der Waals surface area contributed by atoms with E-state index >= 15 is 0 Å². The molecule has 8 heteroatoms. The van der Waals surface area contributed by atoms with E-state index in [9.17, 15) is 19.6 Å². The molecule has 1 saturated carbocycles. The van der Waals surface area contributed by atoms with Crippen LogP contribution in [0.3, 0.4) is 0 Å². The number of ether oxygens (including phenoxy) is 1. The Balaban J connectivity index is 1.31. The fraction of sp³-hybridized carbons (Fsp3) is 0.379. The molecule has 1 aromatic heterocycles. The lowest BCUT2D eigenvalue weighted by molar-refractivity contribution is -0.126. The summed E-state index contributed by atoms with van der Waals surface area (Å²) in [6, 6.07) is 16.0. The van der Waals surface area contributed by atoms with Gasteiger partial charge in [-0.05, 0) is 55.5 Å². The third-order valence-electron chi connectivity index (χ3n) is 7.62. The minimum absolute atomic E-state index is 0.0379. The second-order valence-electron chi connectivity index (χ2n) is 10.3. The van der Waals surface area contributed by atoms with Crippen LogP contribution >= 0.6 is 0 Å². The first kappa shape index (κ1) is 24.6. The normalized spacial score (nSPS) is 20.0. The second kappa shape index (κ2) is 9.74. The largest absolute Gasteiger partial charge is 0.496 e. The van der Waals surface area contributed by atoms with Crippen molar-refractivity contribution in [1.82, 2.24) is 10.3 Å². The van der Waals surface area contributed by atoms with Crippen LogP contribution in [0.4, 0.5) is 5.69 Å². The summed E-state index contributed by atoms with van der Waals surface area (Å²) in [5.41, 5.74) is 1.82. The molecule has 190 valence electrons. The molecule has 0 spiro atoms. The van der Waals surface area contributed by atoms with Gasteiger partial charge in [0.25, 0.3) is 0 Å². The van der Waals surface area contributed by atoms with Crippen molar-refractivity contribution in [3.05, 3.63) is 59.8 Å². The highest BCUT2D eigenvalue weighted by Gasteiger charge is 2.44. The Morgan fingerprint density at radius 3 is 2.73 bits per heavy atom. The first-order chi connectivity index (χ1) is 17.8. The number of methoxy groups -OCH3 is 1. The third-order valence-corrected chi connectivity index (χ3v) is 7.62. The Morgan fingerprint density at radius 2 is 2.00 bits per heavy atom. The van der Waals surface area contributed by atoms with Crippen LogP contribution in [0.2, 0.25) is 0 Å². The summed E-state index contributed by atoms with van der Waals surface area (Å²) in [7, 11) is 1.58. The predicted molar refractivity (Wildman–Crippen MR) is 139 cm³/mol. The standard InChI is InChI=1S/C29H30N4O4/c1-29(21-6-3-4-7-23(21)33-28(29)36)15-19(16-30)31-27(35)18(12-17-10-11-17)13-25(34)24-14-20-22(32-24)8-5-9-26(20)37-2/h3-9,14,17-19,32H,10-13,15H2,1-2H3,(H,31,35)(H,33,36). The molecule has 3 aromatic rings. The number of amides is 2. The monoisotopic (exact) mass is 498 g/mol. The van der Waals surface area contributed by atoms with E-state index in [0.717, 1.165) is 35.0 Å². The van der Waals surface area contributed by atoms with Crippen molar-refractivity contribution >= 4 is 34.2 Å². The number of ketones is 1. The van der Waals surface area contributed by atoms with Gasteiger partial charge >= 0.3 is 0 Å². The van der Waals surface area contributed by atoms with Crippen LogP contribution < -0.4 is 15.4 Å². The van der Waals surface area contributed by atoms with Crippen molar-refractivity contribution in [1.29, 1.82) is 5.26 Å². The molecule has 0 radical (unpaired) electrons. The van der Waals surface area contributed by atoms with Crippen molar-refractivity contribution in [2.24, 2.45) is 11.8 Å². The van der Waals surface area contributed by atoms with Gasteiger partial charge in [0.1, 0.15) is 11.8 Å². The number of aromatic amines is 1. The lowest BCUT2D eigenvalue weighted by Gasteiger charge is -2.26. The smallest absolute Gasteiger partial charge is 0.234 e. The molecule has 0 bridgehead atoms. The molecule has 3 unspecified atom stereocenters.